The Morgan fingerprint density at radius 1 is 1.10 bits per heavy atom. The molecule has 0 bridgehead atoms. The molecule has 1 aromatic rings. The molecule has 1 rings (SSSR count). The Balaban J connectivity index is 2.60. The van der Waals surface area contributed by atoms with Crippen molar-refractivity contribution in [3.8, 4) is 0 Å². The third-order valence-corrected chi connectivity index (χ3v) is 3.80. The molecule has 0 saturated heterocycles. The highest BCUT2D eigenvalue weighted by molar-refractivity contribution is 5.94. The van der Waals surface area contributed by atoms with Crippen LogP contribution in [-0.4, -0.2) is 19.0 Å². The molecule has 0 unspecified atom stereocenters. The van der Waals surface area contributed by atoms with E-state index in [0.717, 1.165) is 18.4 Å². The summed E-state index contributed by atoms with van der Waals surface area (Å²) in [6.07, 6.45) is 2.01. The first-order valence-corrected chi connectivity index (χ1v) is 7.74. The average molecular weight is 290 g/mol. The first-order chi connectivity index (χ1) is 9.65. The van der Waals surface area contributed by atoms with Crippen LogP contribution in [0.4, 0.5) is 0 Å². The second-order valence-corrected chi connectivity index (χ2v) is 7.57. The third-order valence-electron chi connectivity index (χ3n) is 3.80. The Bertz CT molecular complexity index is 455. The van der Waals surface area contributed by atoms with Crippen LogP contribution < -0.4 is 11.1 Å². The standard InChI is InChI=1S/C18H30N2O/c1-17(2,3)15-9-7-14(8-10-15)16(21)20-13-18(4,5)11-6-12-19/h7-10H,6,11-13,19H2,1-5H3,(H,20,21). The Morgan fingerprint density at radius 2 is 1.67 bits per heavy atom. The van der Waals surface area contributed by atoms with Crippen LogP contribution in [0.2, 0.25) is 0 Å². The molecule has 0 aliphatic rings. The van der Waals surface area contributed by atoms with Crippen molar-refractivity contribution >= 4 is 5.91 Å². The fourth-order valence-corrected chi connectivity index (χ4v) is 2.21. The van der Waals surface area contributed by atoms with E-state index in [4.69, 9.17) is 5.73 Å². The molecule has 0 aromatic heterocycles. The molecule has 1 amide bonds. The van der Waals surface area contributed by atoms with Gasteiger partial charge in [-0.25, -0.2) is 0 Å². The van der Waals surface area contributed by atoms with Crippen LogP contribution in [0.1, 0.15) is 63.4 Å². The Labute approximate surface area is 129 Å². The predicted molar refractivity (Wildman–Crippen MR) is 89.5 cm³/mol. The van der Waals surface area contributed by atoms with Crippen molar-refractivity contribution in [2.24, 2.45) is 11.1 Å². The lowest BCUT2D eigenvalue weighted by Gasteiger charge is -2.25. The summed E-state index contributed by atoms with van der Waals surface area (Å²) in [5.74, 6) is -0.00344. The summed E-state index contributed by atoms with van der Waals surface area (Å²) in [5.41, 5.74) is 7.70. The summed E-state index contributed by atoms with van der Waals surface area (Å²) >= 11 is 0. The quantitative estimate of drug-likeness (QED) is 0.842. The van der Waals surface area contributed by atoms with E-state index in [0.29, 0.717) is 13.1 Å². The van der Waals surface area contributed by atoms with E-state index in [2.05, 4.69) is 39.9 Å². The highest BCUT2D eigenvalue weighted by Gasteiger charge is 2.19. The Morgan fingerprint density at radius 3 is 2.14 bits per heavy atom. The van der Waals surface area contributed by atoms with Gasteiger partial charge in [0.05, 0.1) is 0 Å². The van der Waals surface area contributed by atoms with Crippen LogP contribution >= 0.6 is 0 Å². The lowest BCUT2D eigenvalue weighted by Crippen LogP contribution is -2.34. The Hall–Kier alpha value is -1.35. The summed E-state index contributed by atoms with van der Waals surface area (Å²) in [6, 6.07) is 7.88. The smallest absolute Gasteiger partial charge is 0.251 e. The van der Waals surface area contributed by atoms with Crippen LogP contribution in [-0.2, 0) is 5.41 Å². The minimum atomic E-state index is -0.00344. The van der Waals surface area contributed by atoms with Gasteiger partial charge < -0.3 is 11.1 Å². The van der Waals surface area contributed by atoms with Crippen molar-refractivity contribution in [3.63, 3.8) is 0 Å². The summed E-state index contributed by atoms with van der Waals surface area (Å²) in [5, 5.41) is 3.03. The minimum absolute atomic E-state index is 0.00344. The molecule has 118 valence electrons. The molecule has 0 aliphatic carbocycles. The molecule has 0 saturated carbocycles. The molecule has 3 N–H and O–H groups in total. The zero-order valence-corrected chi connectivity index (χ0v) is 14.1. The van der Waals surface area contributed by atoms with E-state index in [-0.39, 0.29) is 16.7 Å². The van der Waals surface area contributed by atoms with Gasteiger partial charge in [0.2, 0.25) is 0 Å². The molecule has 3 nitrogen and oxygen atoms in total. The van der Waals surface area contributed by atoms with Gasteiger partial charge in [0.25, 0.3) is 5.91 Å². The lowest BCUT2D eigenvalue weighted by molar-refractivity contribution is 0.0934. The zero-order valence-electron chi connectivity index (χ0n) is 14.1. The van der Waals surface area contributed by atoms with Gasteiger partial charge >= 0.3 is 0 Å². The van der Waals surface area contributed by atoms with Crippen LogP contribution in [0, 0.1) is 5.41 Å². The molecule has 0 atom stereocenters. The number of amides is 1. The summed E-state index contributed by atoms with van der Waals surface area (Å²) in [4.78, 5) is 12.2. The number of rotatable bonds is 6. The monoisotopic (exact) mass is 290 g/mol. The number of hydrogen-bond donors (Lipinski definition) is 2. The van der Waals surface area contributed by atoms with Crippen molar-refractivity contribution < 1.29 is 4.79 Å². The van der Waals surface area contributed by atoms with E-state index in [1.54, 1.807) is 0 Å². The fourth-order valence-electron chi connectivity index (χ4n) is 2.21. The van der Waals surface area contributed by atoms with E-state index in [1.807, 2.05) is 24.3 Å². The molecule has 0 heterocycles. The number of nitrogens with one attached hydrogen (secondary N) is 1. The topological polar surface area (TPSA) is 55.1 Å². The Kier molecular flexibility index (Phi) is 5.97. The van der Waals surface area contributed by atoms with E-state index >= 15 is 0 Å². The number of benzene rings is 1. The maximum absolute atomic E-state index is 12.2. The van der Waals surface area contributed by atoms with Crippen molar-refractivity contribution in [2.45, 2.75) is 52.9 Å². The van der Waals surface area contributed by atoms with Gasteiger partial charge in [-0.15, -0.1) is 0 Å². The van der Waals surface area contributed by atoms with Gasteiger partial charge in [-0.3, -0.25) is 4.79 Å². The molecular weight excluding hydrogens is 260 g/mol. The fraction of sp³-hybridized carbons (Fsp3) is 0.611. The normalized spacial score (nSPS) is 12.3. The molecule has 0 fully saturated rings. The van der Waals surface area contributed by atoms with Crippen molar-refractivity contribution in [1.82, 2.24) is 5.32 Å². The van der Waals surface area contributed by atoms with Gasteiger partial charge in [0.1, 0.15) is 0 Å². The number of nitrogens with two attached hydrogens (primary N) is 1. The number of carbonyl (C=O) groups excluding carboxylic acids is 1. The molecule has 3 heteroatoms. The average Bonchev–Trinajstić information content (AvgIpc) is 2.42. The zero-order chi connectivity index (χ0) is 16.1. The molecular formula is C18H30N2O. The highest BCUT2D eigenvalue weighted by Crippen LogP contribution is 2.23. The van der Waals surface area contributed by atoms with Crippen LogP contribution in [0.5, 0.6) is 0 Å². The first-order valence-electron chi connectivity index (χ1n) is 7.74. The largest absolute Gasteiger partial charge is 0.352 e. The predicted octanol–water partition coefficient (Wildman–Crippen LogP) is 3.48. The molecule has 1 aromatic carbocycles. The molecule has 0 radical (unpaired) electrons. The highest BCUT2D eigenvalue weighted by atomic mass is 16.1. The van der Waals surface area contributed by atoms with Crippen LogP contribution in [0.25, 0.3) is 0 Å². The SMILES string of the molecule is CC(C)(CCCN)CNC(=O)c1ccc(C(C)(C)C)cc1. The van der Waals surface area contributed by atoms with Gasteiger partial charge in [0.15, 0.2) is 0 Å². The number of hydrogen-bond acceptors (Lipinski definition) is 2. The van der Waals surface area contributed by atoms with Gasteiger partial charge in [-0.2, -0.15) is 0 Å². The van der Waals surface area contributed by atoms with E-state index in [9.17, 15) is 4.79 Å². The van der Waals surface area contributed by atoms with Gasteiger partial charge in [-0.1, -0.05) is 46.8 Å². The van der Waals surface area contributed by atoms with Gasteiger partial charge in [0, 0.05) is 12.1 Å². The van der Waals surface area contributed by atoms with Crippen molar-refractivity contribution in [1.29, 1.82) is 0 Å². The maximum Gasteiger partial charge on any atom is 0.251 e. The summed E-state index contributed by atoms with van der Waals surface area (Å²) in [6.45, 7) is 12.2. The second-order valence-electron chi connectivity index (χ2n) is 7.57. The van der Waals surface area contributed by atoms with Gasteiger partial charge in [-0.05, 0) is 47.9 Å². The maximum atomic E-state index is 12.2. The second kappa shape index (κ2) is 7.08. The van der Waals surface area contributed by atoms with E-state index in [1.165, 1.54) is 5.56 Å². The molecule has 0 spiro atoms. The van der Waals surface area contributed by atoms with E-state index < -0.39 is 0 Å². The van der Waals surface area contributed by atoms with Crippen LogP contribution in [0.15, 0.2) is 24.3 Å². The molecule has 21 heavy (non-hydrogen) atoms. The van der Waals surface area contributed by atoms with Crippen molar-refractivity contribution in [3.05, 3.63) is 35.4 Å². The minimum Gasteiger partial charge on any atom is -0.352 e. The number of carbonyl (C=O) groups is 1. The first kappa shape index (κ1) is 17.7. The summed E-state index contributed by atoms with van der Waals surface area (Å²) in [7, 11) is 0. The lowest BCUT2D eigenvalue weighted by atomic mass is 9.86. The van der Waals surface area contributed by atoms with Crippen molar-refractivity contribution in [2.75, 3.05) is 13.1 Å². The summed E-state index contributed by atoms with van der Waals surface area (Å²) < 4.78 is 0. The third kappa shape index (κ3) is 5.88. The molecule has 0 aliphatic heterocycles. The van der Waals surface area contributed by atoms with Crippen LogP contribution in [0.3, 0.4) is 0 Å².